The highest BCUT2D eigenvalue weighted by molar-refractivity contribution is 5.55. The fourth-order valence-electron chi connectivity index (χ4n) is 2.46. The summed E-state index contributed by atoms with van der Waals surface area (Å²) in [5, 5.41) is 13.7. The van der Waals surface area contributed by atoms with Crippen molar-refractivity contribution < 1.29 is 14.0 Å². The van der Waals surface area contributed by atoms with Gasteiger partial charge in [0.15, 0.2) is 0 Å². The van der Waals surface area contributed by atoms with Gasteiger partial charge in [0.05, 0.1) is 12.0 Å². The van der Waals surface area contributed by atoms with Gasteiger partial charge in [-0.15, -0.1) is 0 Å². The van der Waals surface area contributed by atoms with Gasteiger partial charge >= 0.3 is 0 Å². The molecule has 1 aliphatic carbocycles. The first-order valence-electron chi connectivity index (χ1n) is 6.43. The van der Waals surface area contributed by atoms with Crippen LogP contribution < -0.4 is 0 Å². The summed E-state index contributed by atoms with van der Waals surface area (Å²) in [5.74, 6) is 0.440. The lowest BCUT2D eigenvalue weighted by Gasteiger charge is -2.07. The molecule has 1 N–H and O–H groups in total. The molecule has 1 aliphatic rings. The van der Waals surface area contributed by atoms with E-state index >= 15 is 0 Å². The average Bonchev–Trinajstić information content (AvgIpc) is 3.01. The number of benzene rings is 1. The maximum absolute atomic E-state index is 13.5. The van der Waals surface area contributed by atoms with Crippen molar-refractivity contribution in [1.82, 2.24) is 10.1 Å². The second-order valence-corrected chi connectivity index (χ2v) is 5.02. The minimum atomic E-state index is -0.414. The van der Waals surface area contributed by atoms with Crippen molar-refractivity contribution >= 4 is 0 Å². The zero-order valence-corrected chi connectivity index (χ0v) is 10.6. The van der Waals surface area contributed by atoms with Crippen LogP contribution in [0.2, 0.25) is 0 Å². The first kappa shape index (κ1) is 12.3. The highest BCUT2D eigenvalue weighted by Gasteiger charge is 2.31. The predicted octanol–water partition coefficient (Wildman–Crippen LogP) is 2.81. The van der Waals surface area contributed by atoms with Gasteiger partial charge in [0.25, 0.3) is 0 Å². The summed E-state index contributed by atoms with van der Waals surface area (Å²) in [6, 6.07) is 4.85. The second-order valence-electron chi connectivity index (χ2n) is 5.02. The molecule has 100 valence electrons. The van der Waals surface area contributed by atoms with Crippen LogP contribution in [0.25, 0.3) is 11.4 Å². The lowest BCUT2D eigenvalue weighted by atomic mass is 10.1. The van der Waals surface area contributed by atoms with Crippen molar-refractivity contribution in [3.8, 4) is 11.4 Å². The molecule has 0 amide bonds. The molecular formula is C14H15FN2O2. The molecule has 2 unspecified atom stereocenters. The van der Waals surface area contributed by atoms with Gasteiger partial charge in [0.2, 0.25) is 11.7 Å². The van der Waals surface area contributed by atoms with Crippen LogP contribution >= 0.6 is 0 Å². The monoisotopic (exact) mass is 262 g/mol. The molecule has 0 saturated heterocycles. The molecule has 1 fully saturated rings. The molecule has 0 aliphatic heterocycles. The molecule has 3 rings (SSSR count). The van der Waals surface area contributed by atoms with E-state index in [1.807, 2.05) is 0 Å². The Kier molecular flexibility index (Phi) is 3.06. The van der Waals surface area contributed by atoms with Gasteiger partial charge in [-0.1, -0.05) is 17.3 Å². The highest BCUT2D eigenvalue weighted by Crippen LogP contribution is 2.34. The number of hydrogen-bond acceptors (Lipinski definition) is 4. The number of nitrogens with zero attached hydrogens (tertiary/aromatic N) is 2. The number of rotatable bonds is 2. The standard InChI is InChI=1S/C14H15FN2O2/c1-8-5-6-9(7-11(8)15)13-16-14(19-17-13)10-3-2-4-12(10)18/h5-7,10,12,18H,2-4H2,1H3. The maximum atomic E-state index is 13.5. The number of aromatic nitrogens is 2. The lowest BCUT2D eigenvalue weighted by Crippen LogP contribution is -2.11. The van der Waals surface area contributed by atoms with E-state index in [9.17, 15) is 9.50 Å². The van der Waals surface area contributed by atoms with Crippen LogP contribution in [0.1, 0.15) is 36.6 Å². The quantitative estimate of drug-likeness (QED) is 0.904. The molecule has 0 bridgehead atoms. The van der Waals surface area contributed by atoms with Gasteiger partial charge in [-0.25, -0.2) is 4.39 Å². The molecule has 5 heteroatoms. The SMILES string of the molecule is Cc1ccc(-c2noc(C3CCCC3O)n2)cc1F. The fraction of sp³-hybridized carbons (Fsp3) is 0.429. The summed E-state index contributed by atoms with van der Waals surface area (Å²) in [7, 11) is 0. The largest absolute Gasteiger partial charge is 0.392 e. The summed E-state index contributed by atoms with van der Waals surface area (Å²) >= 11 is 0. The van der Waals surface area contributed by atoms with Crippen LogP contribution in [0.5, 0.6) is 0 Å². The van der Waals surface area contributed by atoms with E-state index in [1.165, 1.54) is 6.07 Å². The molecule has 19 heavy (non-hydrogen) atoms. The molecule has 4 nitrogen and oxygen atoms in total. The molecule has 1 heterocycles. The predicted molar refractivity (Wildman–Crippen MR) is 67.0 cm³/mol. The highest BCUT2D eigenvalue weighted by atomic mass is 19.1. The summed E-state index contributed by atoms with van der Waals surface area (Å²) in [4.78, 5) is 4.28. The number of aryl methyl sites for hydroxylation is 1. The number of aliphatic hydroxyl groups is 1. The molecule has 0 radical (unpaired) electrons. The van der Waals surface area contributed by atoms with Crippen LogP contribution in [-0.2, 0) is 0 Å². The van der Waals surface area contributed by atoms with E-state index in [4.69, 9.17) is 4.52 Å². The molecule has 2 aromatic rings. The van der Waals surface area contributed by atoms with Crippen molar-refractivity contribution in [3.05, 3.63) is 35.5 Å². The maximum Gasteiger partial charge on any atom is 0.232 e. The lowest BCUT2D eigenvalue weighted by molar-refractivity contribution is 0.148. The smallest absolute Gasteiger partial charge is 0.232 e. The summed E-state index contributed by atoms with van der Waals surface area (Å²) in [6.07, 6.45) is 2.16. The van der Waals surface area contributed by atoms with Gasteiger partial charge < -0.3 is 9.63 Å². The Morgan fingerprint density at radius 2 is 2.21 bits per heavy atom. The van der Waals surface area contributed by atoms with Gasteiger partial charge in [-0.05, 0) is 37.8 Å². The van der Waals surface area contributed by atoms with E-state index in [1.54, 1.807) is 19.1 Å². The van der Waals surface area contributed by atoms with Crippen molar-refractivity contribution in [3.63, 3.8) is 0 Å². The van der Waals surface area contributed by atoms with Crippen LogP contribution in [0.15, 0.2) is 22.7 Å². The minimum Gasteiger partial charge on any atom is -0.392 e. The van der Waals surface area contributed by atoms with Crippen LogP contribution in [-0.4, -0.2) is 21.4 Å². The third kappa shape index (κ3) is 2.26. The normalized spacial score (nSPS) is 22.9. The van der Waals surface area contributed by atoms with E-state index in [2.05, 4.69) is 10.1 Å². The Bertz CT molecular complexity index is 597. The average molecular weight is 262 g/mol. The molecule has 1 aromatic carbocycles. The third-order valence-electron chi connectivity index (χ3n) is 3.67. The van der Waals surface area contributed by atoms with Crippen LogP contribution in [0.3, 0.4) is 0 Å². The fourth-order valence-corrected chi connectivity index (χ4v) is 2.46. The molecule has 0 spiro atoms. The van der Waals surface area contributed by atoms with Crippen LogP contribution in [0, 0.1) is 12.7 Å². The van der Waals surface area contributed by atoms with E-state index in [0.29, 0.717) is 22.8 Å². The van der Waals surface area contributed by atoms with E-state index in [0.717, 1.165) is 19.3 Å². The van der Waals surface area contributed by atoms with Crippen LogP contribution in [0.4, 0.5) is 4.39 Å². The van der Waals surface area contributed by atoms with Gasteiger partial charge in [-0.2, -0.15) is 4.98 Å². The minimum absolute atomic E-state index is 0.0865. The zero-order valence-electron chi connectivity index (χ0n) is 10.6. The Balaban J connectivity index is 1.90. The second kappa shape index (κ2) is 4.74. The third-order valence-corrected chi connectivity index (χ3v) is 3.67. The van der Waals surface area contributed by atoms with Crippen molar-refractivity contribution in [2.24, 2.45) is 0 Å². The Labute approximate surface area is 110 Å². The Morgan fingerprint density at radius 3 is 2.89 bits per heavy atom. The number of hydrogen-bond donors (Lipinski definition) is 1. The van der Waals surface area contributed by atoms with Crippen molar-refractivity contribution in [2.45, 2.75) is 38.2 Å². The Morgan fingerprint density at radius 1 is 1.37 bits per heavy atom. The molecule has 2 atom stereocenters. The Hall–Kier alpha value is -1.75. The van der Waals surface area contributed by atoms with Gasteiger partial charge in [0.1, 0.15) is 5.82 Å². The topological polar surface area (TPSA) is 59.2 Å². The summed E-state index contributed by atoms with van der Waals surface area (Å²) < 4.78 is 18.7. The molecule has 1 aromatic heterocycles. The van der Waals surface area contributed by atoms with E-state index < -0.39 is 6.10 Å². The summed E-state index contributed by atoms with van der Waals surface area (Å²) in [5.41, 5.74) is 1.17. The van der Waals surface area contributed by atoms with Gasteiger partial charge in [0, 0.05) is 5.56 Å². The van der Waals surface area contributed by atoms with Crippen molar-refractivity contribution in [1.29, 1.82) is 0 Å². The zero-order chi connectivity index (χ0) is 13.4. The van der Waals surface area contributed by atoms with Crippen molar-refractivity contribution in [2.75, 3.05) is 0 Å². The van der Waals surface area contributed by atoms with E-state index in [-0.39, 0.29) is 11.7 Å². The van der Waals surface area contributed by atoms with Gasteiger partial charge in [-0.3, -0.25) is 0 Å². The molecular weight excluding hydrogens is 247 g/mol. The molecule has 1 saturated carbocycles. The summed E-state index contributed by atoms with van der Waals surface area (Å²) in [6.45, 7) is 1.70. The number of aliphatic hydroxyl groups excluding tert-OH is 1. The number of halogens is 1. The first-order chi connectivity index (χ1) is 9.15. The first-order valence-corrected chi connectivity index (χ1v) is 6.43.